The smallest absolute Gasteiger partial charge is 0.410 e. The lowest BCUT2D eigenvalue weighted by molar-refractivity contribution is -0.0313. The SMILES string of the molecule is CC(C)(C)OC(=O)N1CCC2(CC1)CC(Cn1cnc3ccc(O)cc3c1=O)C2. The van der Waals surface area contributed by atoms with Crippen molar-refractivity contribution in [2.75, 3.05) is 13.1 Å². The predicted molar refractivity (Wildman–Crippen MR) is 110 cm³/mol. The number of aromatic hydroxyl groups is 1. The second-order valence-corrected chi connectivity index (χ2v) is 9.65. The fourth-order valence-electron chi connectivity index (χ4n) is 4.75. The summed E-state index contributed by atoms with van der Waals surface area (Å²) in [6.45, 7) is 7.78. The topological polar surface area (TPSA) is 84.7 Å². The van der Waals surface area contributed by atoms with Gasteiger partial charge in [0.15, 0.2) is 0 Å². The maximum absolute atomic E-state index is 12.7. The van der Waals surface area contributed by atoms with Crippen LogP contribution >= 0.6 is 0 Å². The number of carbonyl (C=O) groups is 1. The van der Waals surface area contributed by atoms with Gasteiger partial charge >= 0.3 is 6.09 Å². The third kappa shape index (κ3) is 4.09. The first kappa shape index (κ1) is 19.7. The number of nitrogens with zero attached hydrogens (tertiary/aromatic N) is 3. The van der Waals surface area contributed by atoms with Crippen LogP contribution in [0.25, 0.3) is 10.9 Å². The average molecular weight is 399 g/mol. The maximum atomic E-state index is 12.7. The van der Waals surface area contributed by atoms with E-state index in [1.165, 1.54) is 6.07 Å². The first-order valence-electron chi connectivity index (χ1n) is 10.3. The molecule has 1 saturated heterocycles. The van der Waals surface area contributed by atoms with Crippen LogP contribution in [-0.2, 0) is 11.3 Å². The van der Waals surface area contributed by atoms with E-state index in [0.717, 1.165) is 38.8 Å². The largest absolute Gasteiger partial charge is 0.508 e. The lowest BCUT2D eigenvalue weighted by Gasteiger charge is -2.52. The summed E-state index contributed by atoms with van der Waals surface area (Å²) < 4.78 is 7.14. The van der Waals surface area contributed by atoms with Crippen LogP contribution in [-0.4, -0.2) is 44.3 Å². The first-order chi connectivity index (χ1) is 13.6. The summed E-state index contributed by atoms with van der Waals surface area (Å²) in [5.74, 6) is 0.519. The van der Waals surface area contributed by atoms with Crippen molar-refractivity contribution in [1.82, 2.24) is 14.5 Å². The molecule has 2 fully saturated rings. The molecule has 4 rings (SSSR count). The van der Waals surface area contributed by atoms with E-state index in [4.69, 9.17) is 4.74 Å². The van der Waals surface area contributed by atoms with Crippen LogP contribution in [0.4, 0.5) is 4.79 Å². The Labute approximate surface area is 170 Å². The molecule has 0 radical (unpaired) electrons. The van der Waals surface area contributed by atoms with Gasteiger partial charge in [-0.25, -0.2) is 9.78 Å². The van der Waals surface area contributed by atoms with Gasteiger partial charge in [0.1, 0.15) is 11.4 Å². The van der Waals surface area contributed by atoms with Crippen LogP contribution in [0, 0.1) is 11.3 Å². The average Bonchev–Trinajstić information content (AvgIpc) is 2.62. The highest BCUT2D eigenvalue weighted by Gasteiger charge is 2.46. The zero-order valence-corrected chi connectivity index (χ0v) is 17.4. The number of piperidine rings is 1. The fraction of sp³-hybridized carbons (Fsp3) is 0.591. The molecular formula is C22H29N3O4. The number of likely N-dealkylation sites (tertiary alicyclic amines) is 1. The molecule has 156 valence electrons. The van der Waals surface area contributed by atoms with E-state index < -0.39 is 5.60 Å². The lowest BCUT2D eigenvalue weighted by Crippen LogP contribution is -2.50. The Balaban J connectivity index is 1.34. The molecule has 7 heteroatoms. The molecule has 2 heterocycles. The zero-order chi connectivity index (χ0) is 20.8. The van der Waals surface area contributed by atoms with Gasteiger partial charge in [0.25, 0.3) is 5.56 Å². The summed E-state index contributed by atoms with van der Waals surface area (Å²) in [7, 11) is 0. The lowest BCUT2D eigenvalue weighted by atomic mass is 9.57. The summed E-state index contributed by atoms with van der Waals surface area (Å²) >= 11 is 0. The molecular weight excluding hydrogens is 370 g/mol. The second kappa shape index (κ2) is 7.04. The maximum Gasteiger partial charge on any atom is 0.410 e. The van der Waals surface area contributed by atoms with E-state index in [-0.39, 0.29) is 22.8 Å². The van der Waals surface area contributed by atoms with Gasteiger partial charge in [0, 0.05) is 19.6 Å². The minimum atomic E-state index is -0.467. The normalized spacial score (nSPS) is 19.3. The zero-order valence-electron chi connectivity index (χ0n) is 17.4. The van der Waals surface area contributed by atoms with Crippen LogP contribution < -0.4 is 5.56 Å². The van der Waals surface area contributed by atoms with Crippen LogP contribution in [0.3, 0.4) is 0 Å². The summed E-state index contributed by atoms with van der Waals surface area (Å²) in [6.07, 6.45) is 5.50. The molecule has 2 aliphatic rings. The molecule has 1 aliphatic heterocycles. The molecule has 1 N–H and O–H groups in total. The number of phenols is 1. The third-order valence-electron chi connectivity index (χ3n) is 6.18. The second-order valence-electron chi connectivity index (χ2n) is 9.65. The standard InChI is InChI=1S/C22H29N3O4/c1-21(2,3)29-20(28)24-8-6-22(7-9-24)11-15(12-22)13-25-14-23-18-5-4-16(26)10-17(18)19(25)27/h4-5,10,14-15,26H,6-9,11-13H2,1-3H3. The van der Waals surface area contributed by atoms with Crippen molar-refractivity contribution in [2.45, 2.75) is 58.6 Å². The van der Waals surface area contributed by atoms with Gasteiger partial charge in [-0.15, -0.1) is 0 Å². The molecule has 1 aromatic carbocycles. The number of rotatable bonds is 2. The Kier molecular flexibility index (Phi) is 4.79. The van der Waals surface area contributed by atoms with Crippen molar-refractivity contribution >= 4 is 17.0 Å². The van der Waals surface area contributed by atoms with E-state index in [9.17, 15) is 14.7 Å². The fourth-order valence-corrected chi connectivity index (χ4v) is 4.75. The van der Waals surface area contributed by atoms with Gasteiger partial charge in [-0.05, 0) is 76.0 Å². The van der Waals surface area contributed by atoms with E-state index in [1.54, 1.807) is 23.0 Å². The number of hydrogen-bond donors (Lipinski definition) is 1. The molecule has 1 aliphatic carbocycles. The van der Waals surface area contributed by atoms with Crippen molar-refractivity contribution in [3.63, 3.8) is 0 Å². The molecule has 7 nitrogen and oxygen atoms in total. The quantitative estimate of drug-likeness (QED) is 0.835. The molecule has 2 aromatic rings. The Morgan fingerprint density at radius 2 is 1.97 bits per heavy atom. The van der Waals surface area contributed by atoms with Gasteiger partial charge in [-0.1, -0.05) is 0 Å². The Hall–Kier alpha value is -2.57. The molecule has 0 atom stereocenters. The van der Waals surface area contributed by atoms with Crippen molar-refractivity contribution < 1.29 is 14.6 Å². The number of aromatic nitrogens is 2. The highest BCUT2D eigenvalue weighted by atomic mass is 16.6. The van der Waals surface area contributed by atoms with Gasteiger partial charge in [-0.3, -0.25) is 9.36 Å². The van der Waals surface area contributed by atoms with Gasteiger partial charge in [0.05, 0.1) is 17.2 Å². The predicted octanol–water partition coefficient (Wildman–Crippen LogP) is 3.53. The molecule has 1 spiro atoms. The van der Waals surface area contributed by atoms with Crippen LogP contribution in [0.2, 0.25) is 0 Å². The van der Waals surface area contributed by atoms with E-state index in [2.05, 4.69) is 4.98 Å². The number of hydrogen-bond acceptors (Lipinski definition) is 5. The highest BCUT2D eigenvalue weighted by Crippen LogP contribution is 2.53. The first-order valence-corrected chi connectivity index (χ1v) is 10.3. The molecule has 29 heavy (non-hydrogen) atoms. The van der Waals surface area contributed by atoms with Crippen LogP contribution in [0.5, 0.6) is 5.75 Å². The molecule has 1 aromatic heterocycles. The van der Waals surface area contributed by atoms with Gasteiger partial charge in [0.2, 0.25) is 0 Å². The summed E-state index contributed by atoms with van der Waals surface area (Å²) in [4.78, 5) is 31.1. The monoisotopic (exact) mass is 399 g/mol. The van der Waals surface area contributed by atoms with Crippen molar-refractivity contribution in [3.05, 3.63) is 34.9 Å². The Morgan fingerprint density at radius 3 is 2.62 bits per heavy atom. The summed E-state index contributed by atoms with van der Waals surface area (Å²) in [6, 6.07) is 4.68. The Bertz CT molecular complexity index is 976. The molecule has 0 bridgehead atoms. The number of ether oxygens (including phenoxy) is 1. The number of fused-ring (bicyclic) bond motifs is 1. The minimum absolute atomic E-state index is 0.0773. The van der Waals surface area contributed by atoms with E-state index >= 15 is 0 Å². The number of amides is 1. The van der Waals surface area contributed by atoms with E-state index in [1.807, 2.05) is 25.7 Å². The van der Waals surface area contributed by atoms with Crippen LogP contribution in [0.1, 0.15) is 46.5 Å². The van der Waals surface area contributed by atoms with Crippen molar-refractivity contribution in [2.24, 2.45) is 11.3 Å². The number of phenolic OH excluding ortho intramolecular Hbond substituents is 1. The van der Waals surface area contributed by atoms with E-state index in [0.29, 0.717) is 23.4 Å². The third-order valence-corrected chi connectivity index (χ3v) is 6.18. The van der Waals surface area contributed by atoms with Gasteiger partial charge < -0.3 is 14.7 Å². The highest BCUT2D eigenvalue weighted by molar-refractivity contribution is 5.78. The van der Waals surface area contributed by atoms with Crippen LogP contribution in [0.15, 0.2) is 29.3 Å². The molecule has 0 unspecified atom stereocenters. The van der Waals surface area contributed by atoms with Crippen molar-refractivity contribution in [3.8, 4) is 5.75 Å². The van der Waals surface area contributed by atoms with Gasteiger partial charge in [-0.2, -0.15) is 0 Å². The Morgan fingerprint density at radius 1 is 1.28 bits per heavy atom. The molecule has 1 saturated carbocycles. The summed E-state index contributed by atoms with van der Waals surface area (Å²) in [5.41, 5.74) is 0.316. The summed E-state index contributed by atoms with van der Waals surface area (Å²) in [5, 5.41) is 10.1. The van der Waals surface area contributed by atoms with Crippen molar-refractivity contribution in [1.29, 1.82) is 0 Å². The number of carbonyl (C=O) groups excluding carboxylic acids is 1. The minimum Gasteiger partial charge on any atom is -0.508 e. The number of benzene rings is 1. The molecule has 1 amide bonds.